The molecule has 1 aromatic heterocycles. The minimum Gasteiger partial charge on any atom is -0.385 e. The molecule has 1 fully saturated rings. The Morgan fingerprint density at radius 2 is 2.15 bits per heavy atom. The van der Waals surface area contributed by atoms with E-state index in [2.05, 4.69) is 5.10 Å². The van der Waals surface area contributed by atoms with Crippen LogP contribution in [0.25, 0.3) is 0 Å². The van der Waals surface area contributed by atoms with Gasteiger partial charge in [0.25, 0.3) is 11.5 Å². The van der Waals surface area contributed by atoms with Crippen LogP contribution < -0.4 is 5.56 Å². The van der Waals surface area contributed by atoms with Crippen molar-refractivity contribution < 1.29 is 14.3 Å². The molecule has 7 nitrogen and oxygen atoms in total. The molecule has 1 aromatic rings. The van der Waals surface area contributed by atoms with Crippen LogP contribution in [0, 0.1) is 0 Å². The van der Waals surface area contributed by atoms with Gasteiger partial charge in [-0.1, -0.05) is 0 Å². The van der Waals surface area contributed by atoms with E-state index in [1.807, 2.05) is 0 Å². The first-order valence-electron chi connectivity index (χ1n) is 6.56. The molecule has 0 aromatic carbocycles. The maximum atomic E-state index is 12.1. The monoisotopic (exact) mass is 281 g/mol. The fraction of sp³-hybridized carbons (Fsp3) is 0.615. The lowest BCUT2D eigenvalue weighted by atomic mass is 10.1. The van der Waals surface area contributed by atoms with Gasteiger partial charge in [-0.15, -0.1) is 0 Å². The SMILES string of the molecule is COCCCOC1CN(C(=O)c2ccc(=O)n(C)n2)C1. The normalized spacial score (nSPS) is 15.2. The molecule has 1 aliphatic heterocycles. The zero-order valence-electron chi connectivity index (χ0n) is 11.7. The molecule has 1 amide bonds. The maximum absolute atomic E-state index is 12.1. The summed E-state index contributed by atoms with van der Waals surface area (Å²) < 4.78 is 11.7. The van der Waals surface area contributed by atoms with Crippen molar-refractivity contribution in [2.45, 2.75) is 12.5 Å². The summed E-state index contributed by atoms with van der Waals surface area (Å²) in [6.45, 7) is 2.45. The van der Waals surface area contributed by atoms with Crippen molar-refractivity contribution in [2.24, 2.45) is 7.05 Å². The van der Waals surface area contributed by atoms with E-state index in [4.69, 9.17) is 9.47 Å². The van der Waals surface area contributed by atoms with E-state index in [1.54, 1.807) is 12.0 Å². The van der Waals surface area contributed by atoms with Gasteiger partial charge in [-0.25, -0.2) is 4.68 Å². The van der Waals surface area contributed by atoms with Gasteiger partial charge in [0.15, 0.2) is 0 Å². The number of nitrogens with zero attached hydrogens (tertiary/aromatic N) is 3. The first kappa shape index (κ1) is 14.7. The second-order valence-electron chi connectivity index (χ2n) is 4.73. The third-order valence-electron chi connectivity index (χ3n) is 3.16. The van der Waals surface area contributed by atoms with Crippen molar-refractivity contribution in [3.63, 3.8) is 0 Å². The van der Waals surface area contributed by atoms with E-state index >= 15 is 0 Å². The van der Waals surface area contributed by atoms with Crippen LogP contribution in [0.2, 0.25) is 0 Å². The Morgan fingerprint density at radius 1 is 1.40 bits per heavy atom. The van der Waals surface area contributed by atoms with Gasteiger partial charge in [0.1, 0.15) is 5.69 Å². The number of likely N-dealkylation sites (tertiary alicyclic amines) is 1. The smallest absolute Gasteiger partial charge is 0.274 e. The number of aromatic nitrogens is 2. The standard InChI is InChI=1S/C13H19N3O4/c1-15-12(17)5-4-11(14-15)13(18)16-8-10(9-16)20-7-3-6-19-2/h4-5,10H,3,6-9H2,1-2H3. The molecule has 0 aliphatic carbocycles. The van der Waals surface area contributed by atoms with E-state index in [9.17, 15) is 9.59 Å². The lowest BCUT2D eigenvalue weighted by Gasteiger charge is -2.38. The number of ether oxygens (including phenoxy) is 2. The summed E-state index contributed by atoms with van der Waals surface area (Å²) in [5.74, 6) is -0.169. The third-order valence-corrected chi connectivity index (χ3v) is 3.16. The van der Waals surface area contributed by atoms with Crippen LogP contribution in [-0.4, -0.2) is 60.1 Å². The quantitative estimate of drug-likeness (QED) is 0.667. The summed E-state index contributed by atoms with van der Waals surface area (Å²) in [5.41, 5.74) is 0.0504. The highest BCUT2D eigenvalue weighted by Gasteiger charge is 2.32. The molecule has 1 saturated heterocycles. The van der Waals surface area contributed by atoms with Crippen LogP contribution in [-0.2, 0) is 16.5 Å². The lowest BCUT2D eigenvalue weighted by molar-refractivity contribution is -0.0467. The molecule has 2 rings (SSSR count). The molecule has 0 spiro atoms. The van der Waals surface area contributed by atoms with Crippen LogP contribution in [0.3, 0.4) is 0 Å². The molecule has 110 valence electrons. The van der Waals surface area contributed by atoms with Crippen molar-refractivity contribution >= 4 is 5.91 Å². The van der Waals surface area contributed by atoms with Gasteiger partial charge in [-0.2, -0.15) is 5.10 Å². The van der Waals surface area contributed by atoms with E-state index in [0.29, 0.717) is 26.3 Å². The lowest BCUT2D eigenvalue weighted by Crippen LogP contribution is -2.55. The largest absolute Gasteiger partial charge is 0.385 e. The Labute approximate surface area is 117 Å². The van der Waals surface area contributed by atoms with Gasteiger partial charge < -0.3 is 14.4 Å². The first-order chi connectivity index (χ1) is 9.61. The van der Waals surface area contributed by atoms with Gasteiger partial charge in [0, 0.05) is 46.5 Å². The number of amides is 1. The summed E-state index contributed by atoms with van der Waals surface area (Å²) in [7, 11) is 3.18. The highest BCUT2D eigenvalue weighted by molar-refractivity contribution is 5.92. The van der Waals surface area contributed by atoms with Crippen molar-refractivity contribution in [3.8, 4) is 0 Å². The Hall–Kier alpha value is -1.73. The van der Waals surface area contributed by atoms with Crippen LogP contribution in [0.4, 0.5) is 0 Å². The summed E-state index contributed by atoms with van der Waals surface area (Å²) in [6.07, 6.45) is 0.937. The van der Waals surface area contributed by atoms with Gasteiger partial charge in [-0.3, -0.25) is 9.59 Å². The van der Waals surface area contributed by atoms with Crippen molar-refractivity contribution in [3.05, 3.63) is 28.2 Å². The molecule has 20 heavy (non-hydrogen) atoms. The zero-order valence-corrected chi connectivity index (χ0v) is 11.7. The Bertz CT molecular complexity index is 523. The number of rotatable bonds is 6. The van der Waals surface area contributed by atoms with Crippen LogP contribution >= 0.6 is 0 Å². The average Bonchev–Trinajstić information content (AvgIpc) is 2.39. The van der Waals surface area contributed by atoms with Crippen molar-refractivity contribution in [2.75, 3.05) is 33.4 Å². The summed E-state index contributed by atoms with van der Waals surface area (Å²) in [6, 6.07) is 2.80. The number of methoxy groups -OCH3 is 1. The van der Waals surface area contributed by atoms with E-state index in [-0.39, 0.29) is 23.3 Å². The molecule has 0 saturated carbocycles. The minimum atomic E-state index is -0.232. The minimum absolute atomic E-state index is 0.0864. The predicted molar refractivity (Wildman–Crippen MR) is 71.6 cm³/mol. The van der Waals surface area contributed by atoms with E-state index < -0.39 is 0 Å². The summed E-state index contributed by atoms with van der Waals surface area (Å²) >= 11 is 0. The van der Waals surface area contributed by atoms with Crippen LogP contribution in [0.5, 0.6) is 0 Å². The number of carbonyl (C=O) groups excluding carboxylic acids is 1. The second kappa shape index (κ2) is 6.62. The maximum Gasteiger partial charge on any atom is 0.274 e. The summed E-state index contributed by atoms with van der Waals surface area (Å²) in [4.78, 5) is 25.0. The molecule has 0 bridgehead atoms. The highest BCUT2D eigenvalue weighted by Crippen LogP contribution is 2.14. The fourth-order valence-corrected chi connectivity index (χ4v) is 1.94. The van der Waals surface area contributed by atoms with E-state index in [0.717, 1.165) is 11.1 Å². The van der Waals surface area contributed by atoms with Gasteiger partial charge in [-0.05, 0) is 12.5 Å². The summed E-state index contributed by atoms with van der Waals surface area (Å²) in [5, 5.41) is 3.94. The van der Waals surface area contributed by atoms with Gasteiger partial charge in [0.05, 0.1) is 6.10 Å². The number of hydrogen-bond donors (Lipinski definition) is 0. The Kier molecular flexibility index (Phi) is 4.86. The fourth-order valence-electron chi connectivity index (χ4n) is 1.94. The average molecular weight is 281 g/mol. The molecule has 2 heterocycles. The van der Waals surface area contributed by atoms with Gasteiger partial charge in [0.2, 0.25) is 0 Å². The van der Waals surface area contributed by atoms with Crippen molar-refractivity contribution in [1.82, 2.24) is 14.7 Å². The molecule has 0 N–H and O–H groups in total. The molecule has 0 atom stereocenters. The van der Waals surface area contributed by atoms with Crippen LogP contribution in [0.15, 0.2) is 16.9 Å². The molecular formula is C13H19N3O4. The molecule has 0 radical (unpaired) electrons. The molecule has 0 unspecified atom stereocenters. The topological polar surface area (TPSA) is 73.7 Å². The zero-order chi connectivity index (χ0) is 14.5. The van der Waals surface area contributed by atoms with E-state index in [1.165, 1.54) is 19.2 Å². The van der Waals surface area contributed by atoms with Crippen molar-refractivity contribution in [1.29, 1.82) is 0 Å². The number of aryl methyl sites for hydroxylation is 1. The number of hydrogen-bond acceptors (Lipinski definition) is 5. The Balaban J connectivity index is 1.78. The molecule has 7 heteroatoms. The Morgan fingerprint density at radius 3 is 2.80 bits per heavy atom. The number of carbonyl (C=O) groups is 1. The first-order valence-corrected chi connectivity index (χ1v) is 6.56. The highest BCUT2D eigenvalue weighted by atomic mass is 16.5. The van der Waals surface area contributed by atoms with Crippen LogP contribution in [0.1, 0.15) is 16.9 Å². The van der Waals surface area contributed by atoms with Gasteiger partial charge >= 0.3 is 0 Å². The third kappa shape index (κ3) is 3.43. The second-order valence-corrected chi connectivity index (χ2v) is 4.73. The molecule has 1 aliphatic rings. The predicted octanol–water partition coefficient (Wildman–Crippen LogP) is -0.342. The molecular weight excluding hydrogens is 262 g/mol.